The molecule has 0 aliphatic carbocycles. The zero-order valence-electron chi connectivity index (χ0n) is 6.63. The van der Waals surface area contributed by atoms with E-state index in [4.69, 9.17) is 5.11 Å². The van der Waals surface area contributed by atoms with Gasteiger partial charge in [-0.05, 0) is 18.6 Å². The minimum Gasteiger partial charge on any atom is -0.396 e. The molecule has 1 rings (SSSR count). The smallest absolute Gasteiger partial charge is 0.212 e. The Kier molecular flexibility index (Phi) is 3.47. The van der Waals surface area contributed by atoms with E-state index in [9.17, 15) is 4.39 Å². The maximum atomic E-state index is 12.3. The summed E-state index contributed by atoms with van der Waals surface area (Å²) in [5.41, 5.74) is 0.768. The van der Waals surface area contributed by atoms with Crippen molar-refractivity contribution in [1.29, 1.82) is 0 Å². The minimum absolute atomic E-state index is 0.154. The number of nitrogens with one attached hydrogen (secondary N) is 1. The van der Waals surface area contributed by atoms with Crippen molar-refractivity contribution >= 4 is 5.69 Å². The fourth-order valence-electron chi connectivity index (χ4n) is 0.792. The van der Waals surface area contributed by atoms with Crippen molar-refractivity contribution in [2.75, 3.05) is 18.5 Å². The Bertz CT molecular complexity index is 225. The molecule has 0 atom stereocenters. The van der Waals surface area contributed by atoms with Crippen molar-refractivity contribution in [1.82, 2.24) is 4.98 Å². The molecule has 0 aliphatic rings. The monoisotopic (exact) mass is 170 g/mol. The quantitative estimate of drug-likeness (QED) is 0.523. The van der Waals surface area contributed by atoms with Gasteiger partial charge in [0, 0.05) is 13.2 Å². The largest absolute Gasteiger partial charge is 0.396 e. The molecule has 0 amide bonds. The van der Waals surface area contributed by atoms with Crippen molar-refractivity contribution in [2.45, 2.75) is 6.42 Å². The molecular formula is C8H11FN2O. The van der Waals surface area contributed by atoms with E-state index in [0.29, 0.717) is 13.0 Å². The molecule has 0 saturated heterocycles. The van der Waals surface area contributed by atoms with Crippen LogP contribution >= 0.6 is 0 Å². The summed E-state index contributed by atoms with van der Waals surface area (Å²) in [5, 5.41) is 11.5. The number of nitrogens with zero attached hydrogens (tertiary/aromatic N) is 1. The summed E-state index contributed by atoms with van der Waals surface area (Å²) in [7, 11) is 0. The van der Waals surface area contributed by atoms with Gasteiger partial charge >= 0.3 is 0 Å². The molecule has 0 radical (unpaired) electrons. The first kappa shape index (κ1) is 8.93. The van der Waals surface area contributed by atoms with Crippen LogP contribution in [-0.2, 0) is 0 Å². The van der Waals surface area contributed by atoms with Crippen molar-refractivity contribution in [3.63, 3.8) is 0 Å². The molecule has 0 unspecified atom stereocenters. The summed E-state index contributed by atoms with van der Waals surface area (Å²) in [4.78, 5) is 3.47. The van der Waals surface area contributed by atoms with Gasteiger partial charge in [-0.3, -0.25) is 0 Å². The molecule has 1 aromatic rings. The fourth-order valence-corrected chi connectivity index (χ4v) is 0.792. The average molecular weight is 170 g/mol. The number of hydrogen-bond donors (Lipinski definition) is 2. The van der Waals surface area contributed by atoms with Crippen LogP contribution in [0.4, 0.5) is 10.1 Å². The number of pyridine rings is 1. The van der Waals surface area contributed by atoms with E-state index in [1.165, 1.54) is 12.3 Å². The third-order valence-electron chi connectivity index (χ3n) is 1.39. The summed E-state index contributed by atoms with van der Waals surface area (Å²) in [6, 6.07) is 2.90. The standard InChI is InChI=1S/C8H11FN2O/c9-8-3-2-7(6-11-8)10-4-1-5-12/h2-3,6,10,12H,1,4-5H2. The minimum atomic E-state index is -0.484. The number of aliphatic hydroxyl groups is 1. The molecule has 4 heteroatoms. The second-order valence-corrected chi connectivity index (χ2v) is 2.37. The van der Waals surface area contributed by atoms with Crippen molar-refractivity contribution < 1.29 is 9.50 Å². The Morgan fingerprint density at radius 1 is 1.50 bits per heavy atom. The van der Waals surface area contributed by atoms with Gasteiger partial charge in [0.2, 0.25) is 5.95 Å². The van der Waals surface area contributed by atoms with Crippen LogP contribution in [0.15, 0.2) is 18.3 Å². The van der Waals surface area contributed by atoms with Gasteiger partial charge < -0.3 is 10.4 Å². The van der Waals surface area contributed by atoms with Crippen LogP contribution in [0.25, 0.3) is 0 Å². The summed E-state index contributed by atoms with van der Waals surface area (Å²) < 4.78 is 12.3. The summed E-state index contributed by atoms with van der Waals surface area (Å²) >= 11 is 0. The lowest BCUT2D eigenvalue weighted by molar-refractivity contribution is 0.292. The van der Waals surface area contributed by atoms with E-state index < -0.39 is 5.95 Å². The second-order valence-electron chi connectivity index (χ2n) is 2.37. The van der Waals surface area contributed by atoms with E-state index >= 15 is 0 Å². The highest BCUT2D eigenvalue weighted by Gasteiger charge is 1.92. The lowest BCUT2D eigenvalue weighted by Gasteiger charge is -2.03. The van der Waals surface area contributed by atoms with Gasteiger partial charge in [-0.2, -0.15) is 4.39 Å². The SMILES string of the molecule is OCCCNc1ccc(F)nc1. The van der Waals surface area contributed by atoms with Gasteiger partial charge in [0.15, 0.2) is 0 Å². The number of halogens is 1. The number of rotatable bonds is 4. The lowest BCUT2D eigenvalue weighted by Crippen LogP contribution is -2.03. The van der Waals surface area contributed by atoms with Crippen LogP contribution in [0, 0.1) is 5.95 Å². The van der Waals surface area contributed by atoms with E-state index in [1.54, 1.807) is 6.07 Å². The molecule has 0 aromatic carbocycles. The average Bonchev–Trinajstić information content (AvgIpc) is 2.09. The molecule has 0 aliphatic heterocycles. The topological polar surface area (TPSA) is 45.1 Å². The fraction of sp³-hybridized carbons (Fsp3) is 0.375. The molecule has 1 aromatic heterocycles. The summed E-state index contributed by atoms with van der Waals surface area (Å²) in [5.74, 6) is -0.484. The molecule has 0 bridgehead atoms. The highest BCUT2D eigenvalue weighted by atomic mass is 19.1. The van der Waals surface area contributed by atoms with Crippen molar-refractivity contribution in [3.05, 3.63) is 24.3 Å². The Balaban J connectivity index is 2.37. The van der Waals surface area contributed by atoms with Gasteiger partial charge in [-0.25, -0.2) is 4.98 Å². The van der Waals surface area contributed by atoms with Crippen molar-refractivity contribution in [3.8, 4) is 0 Å². The van der Waals surface area contributed by atoms with Gasteiger partial charge in [0.1, 0.15) is 0 Å². The van der Waals surface area contributed by atoms with E-state index in [-0.39, 0.29) is 6.61 Å². The van der Waals surface area contributed by atoms with Crippen molar-refractivity contribution in [2.24, 2.45) is 0 Å². The summed E-state index contributed by atoms with van der Waals surface area (Å²) in [6.07, 6.45) is 2.10. The normalized spacial score (nSPS) is 9.83. The van der Waals surface area contributed by atoms with Gasteiger partial charge in [-0.15, -0.1) is 0 Å². The van der Waals surface area contributed by atoms with Crippen LogP contribution in [0.3, 0.4) is 0 Å². The highest BCUT2D eigenvalue weighted by Crippen LogP contribution is 2.04. The van der Waals surface area contributed by atoms with Gasteiger partial charge in [-0.1, -0.05) is 0 Å². The van der Waals surface area contributed by atoms with Crippen LogP contribution in [0.1, 0.15) is 6.42 Å². The highest BCUT2D eigenvalue weighted by molar-refractivity contribution is 5.39. The zero-order valence-corrected chi connectivity index (χ0v) is 6.63. The number of aromatic nitrogens is 1. The maximum absolute atomic E-state index is 12.3. The Morgan fingerprint density at radius 3 is 2.92 bits per heavy atom. The van der Waals surface area contributed by atoms with E-state index in [0.717, 1.165) is 5.69 Å². The first-order valence-electron chi connectivity index (χ1n) is 3.79. The number of anilines is 1. The molecule has 1 heterocycles. The first-order chi connectivity index (χ1) is 5.83. The number of hydrogen-bond acceptors (Lipinski definition) is 3. The second kappa shape index (κ2) is 4.66. The zero-order chi connectivity index (χ0) is 8.81. The van der Waals surface area contributed by atoms with Crippen LogP contribution in [0.5, 0.6) is 0 Å². The van der Waals surface area contributed by atoms with E-state index in [1.807, 2.05) is 0 Å². The van der Waals surface area contributed by atoms with E-state index in [2.05, 4.69) is 10.3 Å². The van der Waals surface area contributed by atoms with Crippen LogP contribution in [0.2, 0.25) is 0 Å². The van der Waals surface area contributed by atoms with Crippen LogP contribution < -0.4 is 5.32 Å². The van der Waals surface area contributed by atoms with Gasteiger partial charge in [0.05, 0.1) is 11.9 Å². The molecule has 2 N–H and O–H groups in total. The molecule has 0 saturated carbocycles. The molecule has 66 valence electrons. The summed E-state index contributed by atoms with van der Waals surface area (Å²) in [6.45, 7) is 0.825. The Hall–Kier alpha value is -1.16. The first-order valence-corrected chi connectivity index (χ1v) is 3.79. The molecule has 0 spiro atoms. The Labute approximate surface area is 70.3 Å². The molecule has 3 nitrogen and oxygen atoms in total. The molecule has 12 heavy (non-hydrogen) atoms. The predicted octanol–water partition coefficient (Wildman–Crippen LogP) is 1.01. The molecular weight excluding hydrogens is 159 g/mol. The third kappa shape index (κ3) is 2.84. The number of aliphatic hydroxyl groups excluding tert-OH is 1. The van der Waals surface area contributed by atoms with Gasteiger partial charge in [0.25, 0.3) is 0 Å². The third-order valence-corrected chi connectivity index (χ3v) is 1.39. The molecule has 0 fully saturated rings. The van der Waals surface area contributed by atoms with Crippen LogP contribution in [-0.4, -0.2) is 23.2 Å². The maximum Gasteiger partial charge on any atom is 0.212 e. The lowest BCUT2D eigenvalue weighted by atomic mass is 10.4. The predicted molar refractivity (Wildman–Crippen MR) is 44.4 cm³/mol. The Morgan fingerprint density at radius 2 is 2.33 bits per heavy atom.